The number of nitrogens with one attached hydrogen (secondary N) is 1. The van der Waals surface area contributed by atoms with E-state index in [0.29, 0.717) is 12.1 Å². The van der Waals surface area contributed by atoms with Crippen LogP contribution in [-0.4, -0.2) is 48.6 Å². The van der Waals surface area contributed by atoms with Crippen LogP contribution in [0.4, 0.5) is 0 Å². The Labute approximate surface area is 99.2 Å². The molecule has 1 aliphatic heterocycles. The van der Waals surface area contributed by atoms with Gasteiger partial charge in [0.1, 0.15) is 0 Å². The van der Waals surface area contributed by atoms with E-state index >= 15 is 0 Å². The molecule has 0 saturated carbocycles. The molecule has 3 heteroatoms. The van der Waals surface area contributed by atoms with Crippen LogP contribution >= 0.6 is 11.8 Å². The van der Waals surface area contributed by atoms with E-state index in [1.807, 2.05) is 11.8 Å². The molecule has 0 amide bonds. The SMILES string of the molecule is CSCCCN1CC(C(C)C)NCC1C. The lowest BCUT2D eigenvalue weighted by Gasteiger charge is -2.40. The summed E-state index contributed by atoms with van der Waals surface area (Å²) in [5.74, 6) is 2.05. The Bertz CT molecular complexity index is 173. The first kappa shape index (κ1) is 13.3. The minimum Gasteiger partial charge on any atom is -0.311 e. The average Bonchev–Trinajstić information content (AvgIpc) is 2.20. The normalized spacial score (nSPS) is 28.6. The summed E-state index contributed by atoms with van der Waals surface area (Å²) in [6.45, 7) is 10.6. The molecule has 2 unspecified atom stereocenters. The molecule has 15 heavy (non-hydrogen) atoms. The standard InChI is InChI=1S/C12H26N2S/c1-10(2)12-9-14(6-5-7-15-4)11(3)8-13-12/h10-13H,5-9H2,1-4H3. The van der Waals surface area contributed by atoms with E-state index in [2.05, 4.69) is 37.2 Å². The van der Waals surface area contributed by atoms with Crippen molar-refractivity contribution in [1.29, 1.82) is 0 Å². The van der Waals surface area contributed by atoms with Gasteiger partial charge in [-0.1, -0.05) is 13.8 Å². The van der Waals surface area contributed by atoms with Crippen LogP contribution in [0.5, 0.6) is 0 Å². The lowest BCUT2D eigenvalue weighted by atomic mass is 10.00. The molecule has 0 aromatic carbocycles. The fourth-order valence-electron chi connectivity index (χ4n) is 2.12. The molecule has 90 valence electrons. The van der Waals surface area contributed by atoms with E-state index in [0.717, 1.165) is 12.5 Å². The Kier molecular flexibility index (Phi) is 6.02. The summed E-state index contributed by atoms with van der Waals surface area (Å²) in [5, 5.41) is 3.64. The van der Waals surface area contributed by atoms with Crippen molar-refractivity contribution in [1.82, 2.24) is 10.2 Å². The van der Waals surface area contributed by atoms with Gasteiger partial charge in [0.25, 0.3) is 0 Å². The van der Waals surface area contributed by atoms with Gasteiger partial charge in [-0.2, -0.15) is 11.8 Å². The third-order valence-electron chi connectivity index (χ3n) is 3.33. The van der Waals surface area contributed by atoms with E-state index in [4.69, 9.17) is 0 Å². The zero-order valence-electron chi connectivity index (χ0n) is 10.6. The third kappa shape index (κ3) is 4.33. The largest absolute Gasteiger partial charge is 0.311 e. The molecule has 0 aromatic rings. The van der Waals surface area contributed by atoms with Crippen molar-refractivity contribution >= 4 is 11.8 Å². The van der Waals surface area contributed by atoms with Gasteiger partial charge in [-0.05, 0) is 37.8 Å². The lowest BCUT2D eigenvalue weighted by Crippen LogP contribution is -2.57. The Morgan fingerprint density at radius 2 is 2.20 bits per heavy atom. The maximum Gasteiger partial charge on any atom is 0.0218 e. The number of thioether (sulfide) groups is 1. The highest BCUT2D eigenvalue weighted by molar-refractivity contribution is 7.98. The van der Waals surface area contributed by atoms with Gasteiger partial charge in [0, 0.05) is 25.2 Å². The second-order valence-corrected chi connectivity index (χ2v) is 5.93. The van der Waals surface area contributed by atoms with Gasteiger partial charge in [0.15, 0.2) is 0 Å². The fraction of sp³-hybridized carbons (Fsp3) is 1.00. The summed E-state index contributed by atoms with van der Waals surface area (Å²) in [5.41, 5.74) is 0. The first-order chi connectivity index (χ1) is 7.15. The summed E-state index contributed by atoms with van der Waals surface area (Å²) in [6.07, 6.45) is 3.52. The van der Waals surface area contributed by atoms with Crippen molar-refractivity contribution in [2.24, 2.45) is 5.92 Å². The molecule has 0 aromatic heterocycles. The molecule has 1 rings (SSSR count). The molecule has 1 aliphatic rings. The van der Waals surface area contributed by atoms with Gasteiger partial charge in [-0.15, -0.1) is 0 Å². The van der Waals surface area contributed by atoms with E-state index in [9.17, 15) is 0 Å². The molecule has 2 atom stereocenters. The topological polar surface area (TPSA) is 15.3 Å². The Hall–Kier alpha value is 0.270. The zero-order valence-corrected chi connectivity index (χ0v) is 11.4. The molecule has 2 nitrogen and oxygen atoms in total. The maximum atomic E-state index is 3.64. The predicted molar refractivity (Wildman–Crippen MR) is 70.7 cm³/mol. The lowest BCUT2D eigenvalue weighted by molar-refractivity contribution is 0.124. The number of piperazine rings is 1. The highest BCUT2D eigenvalue weighted by atomic mass is 32.2. The summed E-state index contributed by atoms with van der Waals surface area (Å²) in [4.78, 5) is 2.65. The van der Waals surface area contributed by atoms with Crippen LogP contribution in [-0.2, 0) is 0 Å². The quantitative estimate of drug-likeness (QED) is 0.728. The van der Waals surface area contributed by atoms with Gasteiger partial charge < -0.3 is 5.32 Å². The molecule has 1 N–H and O–H groups in total. The molecule has 0 spiro atoms. The second-order valence-electron chi connectivity index (χ2n) is 4.95. The smallest absolute Gasteiger partial charge is 0.0218 e. The molecular weight excluding hydrogens is 204 g/mol. The van der Waals surface area contributed by atoms with Crippen molar-refractivity contribution in [3.63, 3.8) is 0 Å². The minimum absolute atomic E-state index is 0.690. The van der Waals surface area contributed by atoms with Crippen LogP contribution in [0.15, 0.2) is 0 Å². The van der Waals surface area contributed by atoms with Crippen LogP contribution in [0.3, 0.4) is 0 Å². The first-order valence-corrected chi connectivity index (χ1v) is 7.51. The molecule has 0 aliphatic carbocycles. The van der Waals surface area contributed by atoms with Crippen LogP contribution in [0.1, 0.15) is 27.2 Å². The highest BCUT2D eigenvalue weighted by Crippen LogP contribution is 2.13. The summed E-state index contributed by atoms with van der Waals surface area (Å²) < 4.78 is 0. The molecule has 1 heterocycles. The summed E-state index contributed by atoms with van der Waals surface area (Å²) in [6, 6.07) is 1.40. The Morgan fingerprint density at radius 1 is 1.47 bits per heavy atom. The Morgan fingerprint density at radius 3 is 2.80 bits per heavy atom. The second kappa shape index (κ2) is 6.77. The number of rotatable bonds is 5. The van der Waals surface area contributed by atoms with Crippen LogP contribution < -0.4 is 5.32 Å². The monoisotopic (exact) mass is 230 g/mol. The molecule has 1 saturated heterocycles. The summed E-state index contributed by atoms with van der Waals surface area (Å²) in [7, 11) is 0. The fourth-order valence-corrected chi connectivity index (χ4v) is 2.54. The minimum atomic E-state index is 0.690. The van der Waals surface area contributed by atoms with Gasteiger partial charge in [-0.25, -0.2) is 0 Å². The Balaban J connectivity index is 2.32. The van der Waals surface area contributed by atoms with Crippen LogP contribution in [0.25, 0.3) is 0 Å². The van der Waals surface area contributed by atoms with Crippen LogP contribution in [0.2, 0.25) is 0 Å². The van der Waals surface area contributed by atoms with Gasteiger partial charge in [-0.3, -0.25) is 4.90 Å². The predicted octanol–water partition coefficient (Wildman–Crippen LogP) is 2.06. The van der Waals surface area contributed by atoms with E-state index in [-0.39, 0.29) is 0 Å². The van der Waals surface area contributed by atoms with Crippen molar-refractivity contribution in [2.45, 2.75) is 39.3 Å². The average molecular weight is 230 g/mol. The molecule has 0 radical (unpaired) electrons. The highest BCUT2D eigenvalue weighted by Gasteiger charge is 2.25. The van der Waals surface area contributed by atoms with Crippen LogP contribution in [0, 0.1) is 5.92 Å². The molecular formula is C12H26N2S. The number of hydrogen-bond acceptors (Lipinski definition) is 3. The van der Waals surface area contributed by atoms with E-state index in [1.54, 1.807) is 0 Å². The van der Waals surface area contributed by atoms with E-state index in [1.165, 1.54) is 25.3 Å². The maximum absolute atomic E-state index is 3.64. The van der Waals surface area contributed by atoms with Gasteiger partial charge in [0.05, 0.1) is 0 Å². The number of hydrogen-bond donors (Lipinski definition) is 1. The van der Waals surface area contributed by atoms with E-state index < -0.39 is 0 Å². The molecule has 1 fully saturated rings. The first-order valence-electron chi connectivity index (χ1n) is 6.11. The van der Waals surface area contributed by atoms with Crippen molar-refractivity contribution < 1.29 is 0 Å². The summed E-state index contributed by atoms with van der Waals surface area (Å²) >= 11 is 1.96. The van der Waals surface area contributed by atoms with Gasteiger partial charge >= 0.3 is 0 Å². The molecule has 0 bridgehead atoms. The van der Waals surface area contributed by atoms with Gasteiger partial charge in [0.2, 0.25) is 0 Å². The number of nitrogens with zero attached hydrogens (tertiary/aromatic N) is 1. The van der Waals surface area contributed by atoms with Crippen molar-refractivity contribution in [3.8, 4) is 0 Å². The van der Waals surface area contributed by atoms with Crippen molar-refractivity contribution in [2.75, 3.05) is 31.6 Å². The third-order valence-corrected chi connectivity index (χ3v) is 4.03. The van der Waals surface area contributed by atoms with Crippen molar-refractivity contribution in [3.05, 3.63) is 0 Å². The zero-order chi connectivity index (χ0) is 11.3.